The molecule has 0 unspecified atom stereocenters. The van der Waals surface area contributed by atoms with Crippen LogP contribution in [0.15, 0.2) is 22.7 Å². The molecule has 0 fully saturated rings. The van der Waals surface area contributed by atoms with Crippen LogP contribution in [0.5, 0.6) is 5.75 Å². The van der Waals surface area contributed by atoms with Gasteiger partial charge >= 0.3 is 5.97 Å². The average molecular weight is 330 g/mol. The van der Waals surface area contributed by atoms with E-state index in [1.165, 1.54) is 7.11 Å². The number of carbonyl (C=O) groups excluding carboxylic acids is 1. The van der Waals surface area contributed by atoms with Gasteiger partial charge in [-0.15, -0.1) is 0 Å². The maximum absolute atomic E-state index is 11.0. The highest BCUT2D eigenvalue weighted by molar-refractivity contribution is 9.10. The molecule has 0 saturated heterocycles. The van der Waals surface area contributed by atoms with Crippen LogP contribution in [0, 0.1) is 0 Å². The van der Waals surface area contributed by atoms with Crippen molar-refractivity contribution in [2.75, 3.05) is 13.7 Å². The molecule has 19 heavy (non-hydrogen) atoms. The Hall–Kier alpha value is -1.07. The lowest BCUT2D eigenvalue weighted by Crippen LogP contribution is -2.22. The monoisotopic (exact) mass is 329 g/mol. The summed E-state index contributed by atoms with van der Waals surface area (Å²) in [5.41, 5.74) is 1.13. The minimum absolute atomic E-state index is 0.256. The summed E-state index contributed by atoms with van der Waals surface area (Å²) in [6, 6.07) is 6.22. The lowest BCUT2D eigenvalue weighted by Gasteiger charge is -2.12. The maximum Gasteiger partial charge on any atom is 0.308 e. The molecule has 0 aromatic heterocycles. The lowest BCUT2D eigenvalue weighted by molar-refractivity contribution is -0.141. The van der Waals surface area contributed by atoms with E-state index in [2.05, 4.69) is 39.8 Å². The second-order valence-electron chi connectivity index (χ2n) is 4.46. The van der Waals surface area contributed by atoms with E-state index in [1.807, 2.05) is 18.2 Å². The molecule has 5 heteroatoms. The normalized spacial score (nSPS) is 10.6. The predicted molar refractivity (Wildman–Crippen MR) is 78.2 cm³/mol. The molecule has 0 aliphatic carbocycles. The third kappa shape index (κ3) is 6.07. The number of rotatable bonds is 7. The molecule has 0 radical (unpaired) electrons. The second kappa shape index (κ2) is 8.17. The largest absolute Gasteiger partial charge is 0.493 e. The fourth-order valence-corrected chi connectivity index (χ4v) is 1.83. The van der Waals surface area contributed by atoms with Gasteiger partial charge in [0.2, 0.25) is 0 Å². The highest BCUT2D eigenvalue weighted by Crippen LogP contribution is 2.22. The standard InChI is InChI=1S/C14H20BrNO3/c1-10(2)16-9-11-8-12(4-5-13(11)15)19-7-6-14(17)18-3/h4-5,8,10,16H,6-7,9H2,1-3H3. The molecule has 1 N–H and O–H groups in total. The molecular formula is C14H20BrNO3. The molecule has 1 aromatic carbocycles. The second-order valence-corrected chi connectivity index (χ2v) is 5.32. The fraction of sp³-hybridized carbons (Fsp3) is 0.500. The van der Waals surface area contributed by atoms with E-state index >= 15 is 0 Å². The summed E-state index contributed by atoms with van der Waals surface area (Å²) in [7, 11) is 1.37. The van der Waals surface area contributed by atoms with Gasteiger partial charge in [0, 0.05) is 17.1 Å². The highest BCUT2D eigenvalue weighted by atomic mass is 79.9. The van der Waals surface area contributed by atoms with Crippen molar-refractivity contribution < 1.29 is 14.3 Å². The van der Waals surface area contributed by atoms with Gasteiger partial charge in [-0.3, -0.25) is 4.79 Å². The molecule has 0 aliphatic rings. The van der Waals surface area contributed by atoms with Gasteiger partial charge in [0.05, 0.1) is 20.1 Å². The first-order valence-electron chi connectivity index (χ1n) is 6.24. The van der Waals surface area contributed by atoms with Gasteiger partial charge in [0.25, 0.3) is 0 Å². The number of esters is 1. The SMILES string of the molecule is COC(=O)CCOc1ccc(Br)c(CNC(C)C)c1. The van der Waals surface area contributed by atoms with Crippen LogP contribution in [0.25, 0.3) is 0 Å². The molecule has 0 amide bonds. The number of benzene rings is 1. The van der Waals surface area contributed by atoms with Gasteiger partial charge in [-0.2, -0.15) is 0 Å². The molecule has 0 saturated carbocycles. The van der Waals surface area contributed by atoms with E-state index in [0.29, 0.717) is 12.6 Å². The molecule has 1 aromatic rings. The number of carbonyl (C=O) groups is 1. The Bertz CT molecular complexity index is 421. The molecule has 0 heterocycles. The van der Waals surface area contributed by atoms with E-state index in [1.54, 1.807) is 0 Å². The summed E-state index contributed by atoms with van der Waals surface area (Å²) in [6.07, 6.45) is 0.256. The van der Waals surface area contributed by atoms with Gasteiger partial charge in [0.1, 0.15) is 5.75 Å². The van der Waals surface area contributed by atoms with Crippen LogP contribution in [0.4, 0.5) is 0 Å². The van der Waals surface area contributed by atoms with Crippen LogP contribution in [-0.4, -0.2) is 25.7 Å². The zero-order valence-electron chi connectivity index (χ0n) is 11.5. The van der Waals surface area contributed by atoms with Crippen LogP contribution >= 0.6 is 15.9 Å². The molecule has 0 spiro atoms. The van der Waals surface area contributed by atoms with E-state index in [9.17, 15) is 4.79 Å². The van der Waals surface area contributed by atoms with Crippen LogP contribution in [-0.2, 0) is 16.1 Å². The third-order valence-electron chi connectivity index (χ3n) is 2.52. The van der Waals surface area contributed by atoms with Gasteiger partial charge in [-0.1, -0.05) is 29.8 Å². The molecule has 106 valence electrons. The van der Waals surface area contributed by atoms with E-state index in [-0.39, 0.29) is 12.4 Å². The first-order chi connectivity index (χ1) is 9.02. The predicted octanol–water partition coefficient (Wildman–Crippen LogP) is 2.89. The molecule has 0 atom stereocenters. The Kier molecular flexibility index (Phi) is 6.87. The maximum atomic E-state index is 11.0. The summed E-state index contributed by atoms with van der Waals surface area (Å²) in [6.45, 7) is 5.30. The van der Waals surface area contributed by atoms with Gasteiger partial charge in [-0.25, -0.2) is 0 Å². The molecule has 4 nitrogen and oxygen atoms in total. The van der Waals surface area contributed by atoms with E-state index in [0.717, 1.165) is 22.3 Å². The van der Waals surface area contributed by atoms with Gasteiger partial charge in [0.15, 0.2) is 0 Å². The molecular weight excluding hydrogens is 310 g/mol. The summed E-state index contributed by atoms with van der Waals surface area (Å²) in [4.78, 5) is 11.0. The van der Waals surface area contributed by atoms with Crippen molar-refractivity contribution in [1.82, 2.24) is 5.32 Å². The number of ether oxygens (including phenoxy) is 2. The molecule has 1 rings (SSSR count). The number of hydrogen-bond donors (Lipinski definition) is 1. The fourth-order valence-electron chi connectivity index (χ4n) is 1.44. The van der Waals surface area contributed by atoms with E-state index < -0.39 is 0 Å². The minimum atomic E-state index is -0.265. The van der Waals surface area contributed by atoms with Crippen molar-refractivity contribution in [2.45, 2.75) is 32.9 Å². The smallest absolute Gasteiger partial charge is 0.308 e. The summed E-state index contributed by atoms with van der Waals surface area (Å²) in [5.74, 6) is 0.492. The number of methoxy groups -OCH3 is 1. The zero-order chi connectivity index (χ0) is 14.3. The highest BCUT2D eigenvalue weighted by Gasteiger charge is 2.05. The first-order valence-corrected chi connectivity index (χ1v) is 7.03. The van der Waals surface area contributed by atoms with Crippen LogP contribution in [0.1, 0.15) is 25.8 Å². The van der Waals surface area contributed by atoms with Crippen molar-refractivity contribution in [3.63, 3.8) is 0 Å². The summed E-state index contributed by atoms with van der Waals surface area (Å²) >= 11 is 3.51. The van der Waals surface area contributed by atoms with Gasteiger partial charge in [-0.05, 0) is 23.8 Å². The van der Waals surface area contributed by atoms with Crippen molar-refractivity contribution >= 4 is 21.9 Å². The summed E-state index contributed by atoms with van der Waals surface area (Å²) < 4.78 is 11.1. The Labute approximate surface area is 122 Å². The molecule has 0 aliphatic heterocycles. The Morgan fingerprint density at radius 2 is 2.16 bits per heavy atom. The third-order valence-corrected chi connectivity index (χ3v) is 3.29. The summed E-state index contributed by atoms with van der Waals surface area (Å²) in [5, 5.41) is 3.35. The van der Waals surface area contributed by atoms with E-state index in [4.69, 9.17) is 4.74 Å². The minimum Gasteiger partial charge on any atom is -0.493 e. The lowest BCUT2D eigenvalue weighted by atomic mass is 10.2. The van der Waals surface area contributed by atoms with Crippen LogP contribution in [0.2, 0.25) is 0 Å². The topological polar surface area (TPSA) is 47.6 Å². The van der Waals surface area contributed by atoms with Crippen molar-refractivity contribution in [3.05, 3.63) is 28.2 Å². The zero-order valence-corrected chi connectivity index (χ0v) is 13.1. The number of halogens is 1. The first kappa shape index (κ1) is 16.0. The van der Waals surface area contributed by atoms with Gasteiger partial charge < -0.3 is 14.8 Å². The number of nitrogens with one attached hydrogen (secondary N) is 1. The van der Waals surface area contributed by atoms with Crippen LogP contribution < -0.4 is 10.1 Å². The van der Waals surface area contributed by atoms with Crippen molar-refractivity contribution in [2.24, 2.45) is 0 Å². The van der Waals surface area contributed by atoms with Crippen LogP contribution in [0.3, 0.4) is 0 Å². The average Bonchev–Trinajstić information content (AvgIpc) is 2.38. The Morgan fingerprint density at radius 1 is 1.42 bits per heavy atom. The number of hydrogen-bond acceptors (Lipinski definition) is 4. The van der Waals surface area contributed by atoms with Crippen molar-refractivity contribution in [3.8, 4) is 5.75 Å². The molecule has 0 bridgehead atoms. The quantitative estimate of drug-likeness (QED) is 0.781. The Morgan fingerprint density at radius 3 is 2.79 bits per heavy atom. The Balaban J connectivity index is 2.55. The van der Waals surface area contributed by atoms with Crippen molar-refractivity contribution in [1.29, 1.82) is 0 Å².